The third-order valence-electron chi connectivity index (χ3n) is 2.72. The van der Waals surface area contributed by atoms with Gasteiger partial charge in [0.15, 0.2) is 0 Å². The molecule has 0 aliphatic rings. The molecule has 1 aromatic carbocycles. The molecule has 0 saturated heterocycles. The van der Waals surface area contributed by atoms with Gasteiger partial charge >= 0.3 is 0 Å². The standard InChI is InChI=1S/C13H14FN5O2/c1-7(20)17-11-5-8(3-4-9(11)14)18-13(21)12-10(15)6-16-19(12)2/h3-6H,15H2,1-2H3,(H,17,20)(H,18,21). The second kappa shape index (κ2) is 5.61. The third kappa shape index (κ3) is 3.16. The van der Waals surface area contributed by atoms with Crippen molar-refractivity contribution in [3.05, 3.63) is 35.9 Å². The first-order valence-electron chi connectivity index (χ1n) is 6.04. The summed E-state index contributed by atoms with van der Waals surface area (Å²) in [7, 11) is 1.58. The van der Waals surface area contributed by atoms with Crippen molar-refractivity contribution >= 4 is 28.9 Å². The highest BCUT2D eigenvalue weighted by Crippen LogP contribution is 2.21. The Labute approximate surface area is 119 Å². The van der Waals surface area contributed by atoms with Crippen LogP contribution >= 0.6 is 0 Å². The van der Waals surface area contributed by atoms with Gasteiger partial charge in [-0.1, -0.05) is 0 Å². The summed E-state index contributed by atoms with van der Waals surface area (Å²) >= 11 is 0. The number of hydrogen-bond donors (Lipinski definition) is 3. The van der Waals surface area contributed by atoms with Crippen LogP contribution in [-0.2, 0) is 11.8 Å². The molecule has 0 bridgehead atoms. The van der Waals surface area contributed by atoms with Crippen LogP contribution in [0.3, 0.4) is 0 Å². The maximum absolute atomic E-state index is 13.5. The van der Waals surface area contributed by atoms with Gasteiger partial charge in [0.2, 0.25) is 5.91 Å². The number of nitrogens with zero attached hydrogens (tertiary/aromatic N) is 2. The Morgan fingerprint density at radius 1 is 1.33 bits per heavy atom. The Kier molecular flexibility index (Phi) is 3.88. The van der Waals surface area contributed by atoms with E-state index in [1.165, 1.54) is 29.9 Å². The number of aryl methyl sites for hydroxylation is 1. The van der Waals surface area contributed by atoms with Gasteiger partial charge in [-0.2, -0.15) is 5.10 Å². The molecule has 8 heteroatoms. The van der Waals surface area contributed by atoms with Crippen LogP contribution in [-0.4, -0.2) is 21.6 Å². The fourth-order valence-electron chi connectivity index (χ4n) is 1.81. The summed E-state index contributed by atoms with van der Waals surface area (Å²) in [5.74, 6) is -1.48. The van der Waals surface area contributed by atoms with Crippen LogP contribution in [0.25, 0.3) is 0 Å². The van der Waals surface area contributed by atoms with Crippen LogP contribution in [0.4, 0.5) is 21.5 Å². The number of rotatable bonds is 3. The molecule has 2 amide bonds. The number of nitrogens with one attached hydrogen (secondary N) is 2. The smallest absolute Gasteiger partial charge is 0.276 e. The quantitative estimate of drug-likeness (QED) is 0.794. The highest BCUT2D eigenvalue weighted by Gasteiger charge is 2.15. The van der Waals surface area contributed by atoms with E-state index in [4.69, 9.17) is 5.73 Å². The molecular weight excluding hydrogens is 277 g/mol. The van der Waals surface area contributed by atoms with Crippen molar-refractivity contribution in [1.82, 2.24) is 9.78 Å². The van der Waals surface area contributed by atoms with Crippen molar-refractivity contribution in [3.8, 4) is 0 Å². The van der Waals surface area contributed by atoms with Crippen LogP contribution in [0.1, 0.15) is 17.4 Å². The van der Waals surface area contributed by atoms with E-state index in [1.54, 1.807) is 7.05 Å². The Morgan fingerprint density at radius 3 is 2.62 bits per heavy atom. The molecule has 2 aromatic rings. The molecule has 7 nitrogen and oxygen atoms in total. The highest BCUT2D eigenvalue weighted by atomic mass is 19.1. The van der Waals surface area contributed by atoms with Crippen LogP contribution in [0.5, 0.6) is 0 Å². The topological polar surface area (TPSA) is 102 Å². The number of nitrogens with two attached hydrogens (primary N) is 1. The lowest BCUT2D eigenvalue weighted by Crippen LogP contribution is -2.18. The van der Waals surface area contributed by atoms with E-state index < -0.39 is 17.6 Å². The highest BCUT2D eigenvalue weighted by molar-refractivity contribution is 6.06. The lowest BCUT2D eigenvalue weighted by atomic mass is 10.2. The Balaban J connectivity index is 2.24. The largest absolute Gasteiger partial charge is 0.396 e. The van der Waals surface area contributed by atoms with E-state index in [0.717, 1.165) is 6.07 Å². The molecule has 0 unspecified atom stereocenters. The zero-order valence-corrected chi connectivity index (χ0v) is 11.5. The second-order valence-corrected chi connectivity index (χ2v) is 4.40. The van der Waals surface area contributed by atoms with E-state index >= 15 is 0 Å². The first kappa shape index (κ1) is 14.5. The van der Waals surface area contributed by atoms with E-state index in [1.807, 2.05) is 0 Å². The average Bonchev–Trinajstić information content (AvgIpc) is 2.72. The monoisotopic (exact) mass is 291 g/mol. The van der Waals surface area contributed by atoms with E-state index in [-0.39, 0.29) is 17.1 Å². The summed E-state index contributed by atoms with van der Waals surface area (Å²) in [5.41, 5.74) is 6.39. The molecule has 0 aliphatic carbocycles. The van der Waals surface area contributed by atoms with E-state index in [9.17, 15) is 14.0 Å². The number of hydrogen-bond acceptors (Lipinski definition) is 4. The summed E-state index contributed by atoms with van der Waals surface area (Å²) in [6.07, 6.45) is 1.36. The Bertz CT molecular complexity index is 691. The van der Waals surface area contributed by atoms with Gasteiger partial charge in [0.25, 0.3) is 5.91 Å². The zero-order valence-electron chi connectivity index (χ0n) is 11.5. The fraction of sp³-hybridized carbons (Fsp3) is 0.154. The predicted molar refractivity (Wildman–Crippen MR) is 76.3 cm³/mol. The summed E-state index contributed by atoms with van der Waals surface area (Å²) < 4.78 is 14.8. The van der Waals surface area contributed by atoms with Crippen molar-refractivity contribution < 1.29 is 14.0 Å². The van der Waals surface area contributed by atoms with Crippen molar-refractivity contribution in [2.24, 2.45) is 7.05 Å². The van der Waals surface area contributed by atoms with Crippen LogP contribution in [0.15, 0.2) is 24.4 Å². The van der Waals surface area contributed by atoms with Gasteiger partial charge in [-0.25, -0.2) is 4.39 Å². The minimum atomic E-state index is -0.594. The molecule has 1 heterocycles. The number of carbonyl (C=O) groups excluding carboxylic acids is 2. The first-order valence-corrected chi connectivity index (χ1v) is 6.04. The normalized spacial score (nSPS) is 10.2. The minimum absolute atomic E-state index is 0.0155. The molecule has 0 atom stereocenters. The average molecular weight is 291 g/mol. The lowest BCUT2D eigenvalue weighted by molar-refractivity contribution is -0.114. The predicted octanol–water partition coefficient (Wildman–Crippen LogP) is 1.35. The molecular formula is C13H14FN5O2. The summed E-state index contributed by atoms with van der Waals surface area (Å²) in [4.78, 5) is 23.1. The molecule has 0 fully saturated rings. The van der Waals surface area contributed by atoms with Gasteiger partial charge in [0.1, 0.15) is 11.5 Å². The van der Waals surface area contributed by atoms with E-state index in [2.05, 4.69) is 15.7 Å². The van der Waals surface area contributed by atoms with Crippen LogP contribution < -0.4 is 16.4 Å². The van der Waals surface area contributed by atoms with Gasteiger partial charge in [-0.15, -0.1) is 0 Å². The van der Waals surface area contributed by atoms with Crippen LogP contribution in [0.2, 0.25) is 0 Å². The molecule has 110 valence electrons. The van der Waals surface area contributed by atoms with Gasteiger partial charge in [0, 0.05) is 19.7 Å². The number of anilines is 3. The number of nitrogen functional groups attached to an aromatic ring is 1. The summed E-state index contributed by atoms with van der Waals surface area (Å²) in [6, 6.07) is 3.85. The SMILES string of the molecule is CC(=O)Nc1cc(NC(=O)c2c(N)cnn2C)ccc1F. The van der Waals surface area contributed by atoms with Crippen molar-refractivity contribution in [2.75, 3.05) is 16.4 Å². The number of amides is 2. The van der Waals surface area contributed by atoms with Gasteiger partial charge in [-0.3, -0.25) is 14.3 Å². The molecule has 1 aromatic heterocycles. The lowest BCUT2D eigenvalue weighted by Gasteiger charge is -2.09. The maximum atomic E-state index is 13.5. The minimum Gasteiger partial charge on any atom is -0.396 e. The molecule has 0 radical (unpaired) electrons. The van der Waals surface area contributed by atoms with Crippen molar-refractivity contribution in [1.29, 1.82) is 0 Å². The number of benzene rings is 1. The molecule has 4 N–H and O–H groups in total. The Hall–Kier alpha value is -2.90. The van der Waals surface area contributed by atoms with Gasteiger partial charge < -0.3 is 16.4 Å². The summed E-state index contributed by atoms with van der Waals surface area (Å²) in [6.45, 7) is 1.26. The van der Waals surface area contributed by atoms with Crippen LogP contribution in [0, 0.1) is 5.82 Å². The number of halogens is 1. The first-order chi connectivity index (χ1) is 9.88. The molecule has 0 spiro atoms. The molecule has 0 saturated carbocycles. The fourth-order valence-corrected chi connectivity index (χ4v) is 1.81. The molecule has 2 rings (SSSR count). The number of aromatic nitrogens is 2. The number of carbonyl (C=O) groups is 2. The third-order valence-corrected chi connectivity index (χ3v) is 2.72. The Morgan fingerprint density at radius 2 is 2.05 bits per heavy atom. The second-order valence-electron chi connectivity index (χ2n) is 4.40. The van der Waals surface area contributed by atoms with E-state index in [0.29, 0.717) is 5.69 Å². The van der Waals surface area contributed by atoms with Gasteiger partial charge in [0.05, 0.1) is 17.6 Å². The van der Waals surface area contributed by atoms with Gasteiger partial charge in [-0.05, 0) is 18.2 Å². The summed E-state index contributed by atoms with van der Waals surface area (Å²) in [5, 5.41) is 8.77. The maximum Gasteiger partial charge on any atom is 0.276 e. The van der Waals surface area contributed by atoms with Crippen molar-refractivity contribution in [2.45, 2.75) is 6.92 Å². The molecule has 21 heavy (non-hydrogen) atoms. The molecule has 0 aliphatic heterocycles. The van der Waals surface area contributed by atoms with Crippen molar-refractivity contribution in [3.63, 3.8) is 0 Å². The zero-order chi connectivity index (χ0) is 15.6.